The average Bonchev–Trinajstić information content (AvgIpc) is 3.04. The van der Waals surface area contributed by atoms with E-state index in [-0.39, 0.29) is 28.9 Å². The SMILES string of the molecule is CC(=O)N1CCc2cc(Br)c(S(=O)(=O)CCC(=O)Nc3ccc(Br)cc3)cc21. The first-order valence-corrected chi connectivity index (χ1v) is 11.8. The third-order valence-electron chi connectivity index (χ3n) is 4.47. The number of nitrogens with zero attached hydrogens (tertiary/aromatic N) is 1. The molecule has 0 saturated heterocycles. The predicted octanol–water partition coefficient (Wildman–Crippen LogP) is 3.92. The molecule has 0 fully saturated rings. The number of rotatable bonds is 5. The van der Waals surface area contributed by atoms with Gasteiger partial charge in [-0.3, -0.25) is 9.59 Å². The van der Waals surface area contributed by atoms with Gasteiger partial charge in [-0.15, -0.1) is 0 Å². The molecule has 6 nitrogen and oxygen atoms in total. The van der Waals surface area contributed by atoms with Crippen molar-refractivity contribution >= 4 is 64.9 Å². The fraction of sp³-hybridized carbons (Fsp3) is 0.263. The summed E-state index contributed by atoms with van der Waals surface area (Å²) in [5.74, 6) is -0.834. The van der Waals surface area contributed by atoms with Gasteiger partial charge in [0.25, 0.3) is 0 Å². The van der Waals surface area contributed by atoms with Crippen LogP contribution in [0.3, 0.4) is 0 Å². The molecule has 0 radical (unpaired) electrons. The highest BCUT2D eigenvalue weighted by molar-refractivity contribution is 9.10. The predicted molar refractivity (Wildman–Crippen MR) is 115 cm³/mol. The molecule has 3 rings (SSSR count). The first-order valence-electron chi connectivity index (χ1n) is 8.56. The first-order chi connectivity index (χ1) is 13.2. The van der Waals surface area contributed by atoms with Crippen LogP contribution in [0.1, 0.15) is 18.9 Å². The molecule has 2 amide bonds. The molecule has 0 bridgehead atoms. The molecule has 1 N–H and O–H groups in total. The molecule has 148 valence electrons. The summed E-state index contributed by atoms with van der Waals surface area (Å²) in [7, 11) is -3.71. The van der Waals surface area contributed by atoms with Crippen molar-refractivity contribution in [1.29, 1.82) is 0 Å². The van der Waals surface area contributed by atoms with Crippen LogP contribution in [0.5, 0.6) is 0 Å². The van der Waals surface area contributed by atoms with Gasteiger partial charge in [-0.2, -0.15) is 0 Å². The maximum Gasteiger partial charge on any atom is 0.225 e. The topological polar surface area (TPSA) is 83.6 Å². The van der Waals surface area contributed by atoms with Crippen LogP contribution in [0, 0.1) is 0 Å². The second kappa shape index (κ2) is 8.34. The number of hydrogen-bond acceptors (Lipinski definition) is 4. The van der Waals surface area contributed by atoms with E-state index in [2.05, 4.69) is 37.2 Å². The summed E-state index contributed by atoms with van der Waals surface area (Å²) in [5, 5.41) is 2.68. The van der Waals surface area contributed by atoms with Crippen molar-refractivity contribution in [2.24, 2.45) is 0 Å². The van der Waals surface area contributed by atoms with E-state index in [1.807, 2.05) is 0 Å². The minimum absolute atomic E-state index is 0.0934. The molecule has 0 atom stereocenters. The molecule has 1 heterocycles. The van der Waals surface area contributed by atoms with Crippen molar-refractivity contribution in [3.05, 3.63) is 50.9 Å². The molecule has 2 aromatic carbocycles. The van der Waals surface area contributed by atoms with Crippen LogP contribution in [-0.2, 0) is 25.8 Å². The lowest BCUT2D eigenvalue weighted by Crippen LogP contribution is -2.26. The second-order valence-corrected chi connectivity index (χ2v) is 10.3. The number of amides is 2. The zero-order valence-corrected chi connectivity index (χ0v) is 19.0. The third-order valence-corrected chi connectivity index (χ3v) is 7.67. The highest BCUT2D eigenvalue weighted by Gasteiger charge is 2.27. The van der Waals surface area contributed by atoms with Crippen LogP contribution in [-0.4, -0.2) is 32.5 Å². The summed E-state index contributed by atoms with van der Waals surface area (Å²) in [4.78, 5) is 25.6. The van der Waals surface area contributed by atoms with E-state index in [9.17, 15) is 18.0 Å². The molecular formula is C19H18Br2N2O4S. The van der Waals surface area contributed by atoms with Gasteiger partial charge in [-0.1, -0.05) is 15.9 Å². The smallest absolute Gasteiger partial charge is 0.225 e. The fourth-order valence-electron chi connectivity index (χ4n) is 3.05. The van der Waals surface area contributed by atoms with Gasteiger partial charge in [0.1, 0.15) is 0 Å². The van der Waals surface area contributed by atoms with Gasteiger partial charge in [0.2, 0.25) is 11.8 Å². The molecule has 1 aliphatic heterocycles. The highest BCUT2D eigenvalue weighted by atomic mass is 79.9. The Morgan fingerprint density at radius 2 is 1.82 bits per heavy atom. The minimum atomic E-state index is -3.71. The Morgan fingerprint density at radius 3 is 2.46 bits per heavy atom. The van der Waals surface area contributed by atoms with Crippen LogP contribution in [0.4, 0.5) is 11.4 Å². The lowest BCUT2D eigenvalue weighted by atomic mass is 10.2. The molecule has 0 aliphatic carbocycles. The molecule has 0 unspecified atom stereocenters. The summed E-state index contributed by atoms with van der Waals surface area (Å²) in [6, 6.07) is 10.3. The summed E-state index contributed by atoms with van der Waals surface area (Å²) in [5.41, 5.74) is 2.14. The second-order valence-electron chi connectivity index (χ2n) is 6.46. The van der Waals surface area contributed by atoms with Crippen molar-refractivity contribution in [1.82, 2.24) is 0 Å². The van der Waals surface area contributed by atoms with Gasteiger partial charge in [0.05, 0.1) is 10.6 Å². The molecule has 0 saturated carbocycles. The standard InChI is InChI=1S/C19H18Br2N2O4S/c1-12(24)23-8-6-13-10-16(21)18(11-17(13)23)28(26,27)9-7-19(25)22-15-4-2-14(20)3-5-15/h2-5,10-11H,6-9H2,1H3,(H,22,25). The van der Waals surface area contributed by atoms with E-state index in [4.69, 9.17) is 0 Å². The van der Waals surface area contributed by atoms with E-state index in [0.717, 1.165) is 10.0 Å². The van der Waals surface area contributed by atoms with Crippen LogP contribution in [0.2, 0.25) is 0 Å². The molecule has 0 spiro atoms. The minimum Gasteiger partial charge on any atom is -0.326 e. The van der Waals surface area contributed by atoms with Crippen LogP contribution in [0.15, 0.2) is 50.2 Å². The molecular weight excluding hydrogens is 512 g/mol. The van der Waals surface area contributed by atoms with E-state index >= 15 is 0 Å². The van der Waals surface area contributed by atoms with Crippen molar-refractivity contribution in [3.63, 3.8) is 0 Å². The number of halogens is 2. The summed E-state index contributed by atoms with van der Waals surface area (Å²) >= 11 is 6.64. The van der Waals surface area contributed by atoms with Gasteiger partial charge in [-0.25, -0.2) is 8.42 Å². The molecule has 2 aromatic rings. The Kier molecular flexibility index (Phi) is 6.26. The summed E-state index contributed by atoms with van der Waals surface area (Å²) in [6.45, 7) is 1.99. The van der Waals surface area contributed by atoms with Gasteiger partial charge >= 0.3 is 0 Å². The largest absolute Gasteiger partial charge is 0.326 e. The van der Waals surface area contributed by atoms with Gasteiger partial charge in [0.15, 0.2) is 9.84 Å². The Labute approximate surface area is 180 Å². The first kappa shape index (κ1) is 21.0. The van der Waals surface area contributed by atoms with Crippen LogP contribution >= 0.6 is 31.9 Å². The van der Waals surface area contributed by atoms with Gasteiger partial charge in [0, 0.05) is 40.2 Å². The summed E-state index contributed by atoms with van der Waals surface area (Å²) < 4.78 is 27.0. The molecule has 9 heteroatoms. The number of carbonyl (C=O) groups excluding carboxylic acids is 2. The van der Waals surface area contributed by atoms with Crippen molar-refractivity contribution in [3.8, 4) is 0 Å². The molecule has 0 aromatic heterocycles. The Bertz CT molecular complexity index is 1040. The molecule has 1 aliphatic rings. The Morgan fingerprint density at radius 1 is 1.14 bits per heavy atom. The van der Waals surface area contributed by atoms with Crippen LogP contribution < -0.4 is 10.2 Å². The number of anilines is 2. The number of carbonyl (C=O) groups is 2. The number of fused-ring (bicyclic) bond motifs is 1. The maximum absolute atomic E-state index is 12.8. The van der Waals surface area contributed by atoms with Crippen molar-refractivity contribution in [2.45, 2.75) is 24.7 Å². The number of hydrogen-bond donors (Lipinski definition) is 1. The third kappa shape index (κ3) is 4.64. The quantitative estimate of drug-likeness (QED) is 0.636. The van der Waals surface area contributed by atoms with E-state index in [1.165, 1.54) is 13.0 Å². The maximum atomic E-state index is 12.8. The Balaban J connectivity index is 1.74. The normalized spacial score (nSPS) is 13.3. The lowest BCUT2D eigenvalue weighted by molar-refractivity contribution is -0.117. The zero-order chi connectivity index (χ0) is 20.5. The van der Waals surface area contributed by atoms with Crippen molar-refractivity contribution < 1.29 is 18.0 Å². The van der Waals surface area contributed by atoms with E-state index in [1.54, 1.807) is 35.2 Å². The van der Waals surface area contributed by atoms with Gasteiger partial charge in [-0.05, 0) is 64.3 Å². The average molecular weight is 530 g/mol. The summed E-state index contributed by atoms with van der Waals surface area (Å²) in [6.07, 6.45) is 0.516. The number of nitrogens with one attached hydrogen (secondary N) is 1. The van der Waals surface area contributed by atoms with E-state index < -0.39 is 9.84 Å². The Hall–Kier alpha value is -1.71. The van der Waals surface area contributed by atoms with Crippen molar-refractivity contribution in [2.75, 3.05) is 22.5 Å². The van der Waals surface area contributed by atoms with Crippen LogP contribution in [0.25, 0.3) is 0 Å². The fourth-order valence-corrected chi connectivity index (χ4v) is 5.76. The highest BCUT2D eigenvalue weighted by Crippen LogP contribution is 2.36. The monoisotopic (exact) mass is 528 g/mol. The van der Waals surface area contributed by atoms with E-state index in [0.29, 0.717) is 28.8 Å². The number of benzene rings is 2. The number of sulfone groups is 1. The van der Waals surface area contributed by atoms with Gasteiger partial charge < -0.3 is 10.2 Å². The zero-order valence-electron chi connectivity index (χ0n) is 15.0. The molecule has 28 heavy (non-hydrogen) atoms. The lowest BCUT2D eigenvalue weighted by Gasteiger charge is -2.16.